The van der Waals surface area contributed by atoms with Crippen LogP contribution in [-0.4, -0.2) is 4.98 Å². The Kier molecular flexibility index (Phi) is 4.14. The molecule has 0 unspecified atom stereocenters. The SMILES string of the molecule is FC(F)(F)c1cccc2c(Br)cc(Sc3ccccc3)nc12. The van der Waals surface area contributed by atoms with Crippen LogP contribution in [0.2, 0.25) is 0 Å². The first kappa shape index (κ1) is 15.4. The molecule has 0 aliphatic carbocycles. The topological polar surface area (TPSA) is 12.9 Å². The van der Waals surface area contributed by atoms with Crippen molar-refractivity contribution in [2.45, 2.75) is 16.1 Å². The van der Waals surface area contributed by atoms with Gasteiger partial charge in [0.1, 0.15) is 5.03 Å². The van der Waals surface area contributed by atoms with Crippen LogP contribution in [0.4, 0.5) is 13.2 Å². The van der Waals surface area contributed by atoms with E-state index >= 15 is 0 Å². The lowest BCUT2D eigenvalue weighted by molar-refractivity contribution is -0.136. The number of pyridine rings is 1. The molecule has 0 bridgehead atoms. The first-order chi connectivity index (χ1) is 10.4. The third-order valence-corrected chi connectivity index (χ3v) is 4.62. The van der Waals surface area contributed by atoms with Gasteiger partial charge >= 0.3 is 6.18 Å². The van der Waals surface area contributed by atoms with E-state index < -0.39 is 11.7 Å². The minimum atomic E-state index is -4.43. The predicted molar refractivity (Wildman–Crippen MR) is 85.0 cm³/mol. The van der Waals surface area contributed by atoms with E-state index in [0.717, 1.165) is 11.0 Å². The molecule has 1 nitrogen and oxygen atoms in total. The Morgan fingerprint density at radius 1 is 0.955 bits per heavy atom. The van der Waals surface area contributed by atoms with E-state index in [1.165, 1.54) is 17.8 Å². The number of fused-ring (bicyclic) bond motifs is 1. The lowest BCUT2D eigenvalue weighted by atomic mass is 10.1. The van der Waals surface area contributed by atoms with Crippen LogP contribution in [-0.2, 0) is 6.18 Å². The molecule has 0 aliphatic rings. The summed E-state index contributed by atoms with van der Waals surface area (Å²) in [6.07, 6.45) is -4.43. The van der Waals surface area contributed by atoms with E-state index in [1.807, 2.05) is 30.3 Å². The zero-order chi connectivity index (χ0) is 15.7. The number of benzene rings is 2. The third kappa shape index (κ3) is 3.13. The molecule has 3 rings (SSSR count). The van der Waals surface area contributed by atoms with Gasteiger partial charge in [0.15, 0.2) is 0 Å². The summed E-state index contributed by atoms with van der Waals surface area (Å²) in [6.45, 7) is 0. The predicted octanol–water partition coefficient (Wildman–Crippen LogP) is 6.17. The van der Waals surface area contributed by atoms with Gasteiger partial charge in [-0.1, -0.05) is 42.1 Å². The van der Waals surface area contributed by atoms with Gasteiger partial charge in [-0.15, -0.1) is 0 Å². The van der Waals surface area contributed by atoms with Crippen molar-refractivity contribution in [1.29, 1.82) is 0 Å². The number of hydrogen-bond donors (Lipinski definition) is 0. The highest BCUT2D eigenvalue weighted by Gasteiger charge is 2.33. The van der Waals surface area contributed by atoms with Crippen molar-refractivity contribution in [3.05, 3.63) is 64.6 Å². The van der Waals surface area contributed by atoms with Gasteiger partial charge in [-0.3, -0.25) is 0 Å². The molecule has 0 saturated carbocycles. The van der Waals surface area contributed by atoms with Crippen molar-refractivity contribution in [2.24, 2.45) is 0 Å². The third-order valence-electron chi connectivity index (χ3n) is 3.04. The summed E-state index contributed by atoms with van der Waals surface area (Å²) in [4.78, 5) is 5.13. The molecule has 0 atom stereocenters. The highest BCUT2D eigenvalue weighted by molar-refractivity contribution is 9.10. The molecule has 0 N–H and O–H groups in total. The van der Waals surface area contributed by atoms with Crippen molar-refractivity contribution >= 4 is 38.6 Å². The number of alkyl halides is 3. The molecule has 1 aromatic heterocycles. The van der Waals surface area contributed by atoms with E-state index in [2.05, 4.69) is 20.9 Å². The van der Waals surface area contributed by atoms with Gasteiger partial charge in [0.2, 0.25) is 0 Å². The minimum absolute atomic E-state index is 0.0391. The zero-order valence-corrected chi connectivity index (χ0v) is 13.5. The van der Waals surface area contributed by atoms with Crippen molar-refractivity contribution in [2.75, 3.05) is 0 Å². The summed E-state index contributed by atoms with van der Waals surface area (Å²) in [5.74, 6) is 0. The normalized spacial score (nSPS) is 11.8. The number of rotatable bonds is 2. The van der Waals surface area contributed by atoms with E-state index in [0.29, 0.717) is 14.9 Å². The summed E-state index contributed by atoms with van der Waals surface area (Å²) in [6, 6.07) is 15.2. The van der Waals surface area contributed by atoms with Gasteiger partial charge in [-0.05, 0) is 40.2 Å². The van der Waals surface area contributed by atoms with Gasteiger partial charge < -0.3 is 0 Å². The second-order valence-electron chi connectivity index (χ2n) is 4.56. The fourth-order valence-electron chi connectivity index (χ4n) is 2.08. The average Bonchev–Trinajstić information content (AvgIpc) is 2.47. The first-order valence-corrected chi connectivity index (χ1v) is 7.95. The molecule has 2 aromatic carbocycles. The number of nitrogens with zero attached hydrogens (tertiary/aromatic N) is 1. The molecule has 0 aliphatic heterocycles. The van der Waals surface area contributed by atoms with Crippen LogP contribution in [0, 0.1) is 0 Å². The maximum absolute atomic E-state index is 13.1. The van der Waals surface area contributed by atoms with Gasteiger partial charge in [0.05, 0.1) is 11.1 Å². The van der Waals surface area contributed by atoms with Crippen LogP contribution in [0.1, 0.15) is 5.56 Å². The zero-order valence-electron chi connectivity index (χ0n) is 11.1. The largest absolute Gasteiger partial charge is 0.418 e. The van der Waals surface area contributed by atoms with Gasteiger partial charge in [-0.25, -0.2) is 4.98 Å². The van der Waals surface area contributed by atoms with E-state index in [-0.39, 0.29) is 5.52 Å². The molecule has 0 amide bonds. The summed E-state index contributed by atoms with van der Waals surface area (Å²) in [5.41, 5.74) is -0.760. The van der Waals surface area contributed by atoms with Gasteiger partial charge in [0.25, 0.3) is 0 Å². The molecule has 0 radical (unpaired) electrons. The smallest absolute Gasteiger partial charge is 0.240 e. The Labute approximate surface area is 137 Å². The lowest BCUT2D eigenvalue weighted by Crippen LogP contribution is -2.06. The molecular weight excluding hydrogens is 375 g/mol. The number of halogens is 4. The second-order valence-corrected chi connectivity index (χ2v) is 6.51. The van der Waals surface area contributed by atoms with Crippen LogP contribution in [0.25, 0.3) is 10.9 Å². The molecule has 0 spiro atoms. The molecule has 3 aromatic rings. The standard InChI is InChI=1S/C16H9BrF3NS/c17-13-9-14(22-10-5-2-1-3-6-10)21-15-11(13)7-4-8-12(15)16(18,19)20/h1-9H. The number of hydrogen-bond acceptors (Lipinski definition) is 2. The fraction of sp³-hybridized carbons (Fsp3) is 0.0625. The molecule has 22 heavy (non-hydrogen) atoms. The summed E-state index contributed by atoms with van der Waals surface area (Å²) in [7, 11) is 0. The highest BCUT2D eigenvalue weighted by Crippen LogP contribution is 2.38. The van der Waals surface area contributed by atoms with Crippen LogP contribution in [0.5, 0.6) is 0 Å². The second kappa shape index (κ2) is 5.93. The van der Waals surface area contributed by atoms with Crippen molar-refractivity contribution in [3.8, 4) is 0 Å². The summed E-state index contributed by atoms with van der Waals surface area (Å²) >= 11 is 4.67. The quantitative estimate of drug-likeness (QED) is 0.524. The van der Waals surface area contributed by atoms with Crippen LogP contribution in [0.3, 0.4) is 0 Å². The Balaban J connectivity index is 2.14. The minimum Gasteiger partial charge on any atom is -0.240 e. The Morgan fingerprint density at radius 2 is 1.68 bits per heavy atom. The molecular formula is C16H9BrF3NS. The Morgan fingerprint density at radius 3 is 2.36 bits per heavy atom. The molecule has 1 heterocycles. The first-order valence-electron chi connectivity index (χ1n) is 6.34. The maximum Gasteiger partial charge on any atom is 0.418 e. The van der Waals surface area contributed by atoms with Crippen LogP contribution >= 0.6 is 27.7 Å². The van der Waals surface area contributed by atoms with Crippen LogP contribution < -0.4 is 0 Å². The monoisotopic (exact) mass is 383 g/mol. The Bertz CT molecular complexity index is 819. The van der Waals surface area contributed by atoms with Gasteiger partial charge in [0, 0.05) is 14.8 Å². The molecule has 112 valence electrons. The Hall–Kier alpha value is -1.53. The van der Waals surface area contributed by atoms with Crippen molar-refractivity contribution < 1.29 is 13.2 Å². The summed E-state index contributed by atoms with van der Waals surface area (Å²) in [5, 5.41) is 0.967. The molecule has 6 heteroatoms. The van der Waals surface area contributed by atoms with Crippen molar-refractivity contribution in [1.82, 2.24) is 4.98 Å². The fourth-order valence-corrected chi connectivity index (χ4v) is 3.61. The molecule has 0 fully saturated rings. The van der Waals surface area contributed by atoms with Gasteiger partial charge in [-0.2, -0.15) is 13.2 Å². The summed E-state index contributed by atoms with van der Waals surface area (Å²) < 4.78 is 40.0. The number of aromatic nitrogens is 1. The van der Waals surface area contributed by atoms with E-state index in [1.54, 1.807) is 12.1 Å². The molecule has 0 saturated heterocycles. The lowest BCUT2D eigenvalue weighted by Gasteiger charge is -2.12. The van der Waals surface area contributed by atoms with Crippen LogP contribution in [0.15, 0.2) is 69.0 Å². The maximum atomic E-state index is 13.1. The van der Waals surface area contributed by atoms with E-state index in [9.17, 15) is 13.2 Å². The van der Waals surface area contributed by atoms with E-state index in [4.69, 9.17) is 0 Å². The number of para-hydroxylation sites is 1. The average molecular weight is 384 g/mol. The van der Waals surface area contributed by atoms with Crippen molar-refractivity contribution in [3.63, 3.8) is 0 Å². The highest BCUT2D eigenvalue weighted by atomic mass is 79.9.